The summed E-state index contributed by atoms with van der Waals surface area (Å²) in [5.41, 5.74) is 5.09. The molecule has 0 spiro atoms. The fourth-order valence-electron chi connectivity index (χ4n) is 1.58. The van der Waals surface area contributed by atoms with Crippen LogP contribution >= 0.6 is 0 Å². The summed E-state index contributed by atoms with van der Waals surface area (Å²) in [5.74, 6) is -1.49. The maximum absolute atomic E-state index is 12.3. The van der Waals surface area contributed by atoms with Gasteiger partial charge in [0, 0.05) is 13.2 Å². The number of halogens is 3. The molecule has 0 aromatic carbocycles. The minimum atomic E-state index is -4.23. The van der Waals surface area contributed by atoms with Gasteiger partial charge in [-0.25, -0.2) is 0 Å². The molecule has 0 radical (unpaired) electrons. The molecule has 78 valence electrons. The maximum atomic E-state index is 12.3. The van der Waals surface area contributed by atoms with Gasteiger partial charge in [-0.05, 0) is 19.3 Å². The molecule has 0 aromatic rings. The third-order valence-electron chi connectivity index (χ3n) is 2.34. The third kappa shape index (κ3) is 2.84. The van der Waals surface area contributed by atoms with Gasteiger partial charge >= 0.3 is 6.18 Å². The van der Waals surface area contributed by atoms with Gasteiger partial charge in [-0.15, -0.1) is 0 Å². The summed E-state index contributed by atoms with van der Waals surface area (Å²) in [5, 5.41) is 0. The van der Waals surface area contributed by atoms with Crippen molar-refractivity contribution in [3.8, 4) is 0 Å². The molecule has 13 heavy (non-hydrogen) atoms. The van der Waals surface area contributed by atoms with Gasteiger partial charge in [0.1, 0.15) is 0 Å². The van der Waals surface area contributed by atoms with E-state index < -0.39 is 18.2 Å². The van der Waals surface area contributed by atoms with E-state index in [-0.39, 0.29) is 6.54 Å². The molecule has 1 rings (SSSR count). The van der Waals surface area contributed by atoms with Crippen LogP contribution in [0.4, 0.5) is 13.2 Å². The number of alkyl halides is 3. The topological polar surface area (TPSA) is 35.2 Å². The Hall–Kier alpha value is -0.290. The summed E-state index contributed by atoms with van der Waals surface area (Å²) < 4.78 is 42.1. The first kappa shape index (κ1) is 10.8. The normalized spacial score (nSPS) is 27.2. The fraction of sp³-hybridized carbons (Fsp3) is 1.00. The highest BCUT2D eigenvalue weighted by Crippen LogP contribution is 2.33. The minimum absolute atomic E-state index is 0.381. The van der Waals surface area contributed by atoms with Gasteiger partial charge in [0.05, 0.1) is 12.0 Å². The van der Waals surface area contributed by atoms with Crippen molar-refractivity contribution in [1.29, 1.82) is 0 Å². The molecule has 2 unspecified atom stereocenters. The number of nitrogens with two attached hydrogens (primary N) is 1. The smallest absolute Gasteiger partial charge is 0.378 e. The van der Waals surface area contributed by atoms with Crippen LogP contribution in [0.1, 0.15) is 19.3 Å². The zero-order chi connectivity index (χ0) is 9.90. The van der Waals surface area contributed by atoms with E-state index in [1.165, 1.54) is 0 Å². The Morgan fingerprint density at radius 2 is 2.08 bits per heavy atom. The molecule has 1 saturated heterocycles. The van der Waals surface area contributed by atoms with Crippen LogP contribution in [0.3, 0.4) is 0 Å². The molecule has 0 amide bonds. The van der Waals surface area contributed by atoms with Crippen LogP contribution in [0.2, 0.25) is 0 Å². The molecule has 5 heteroatoms. The summed E-state index contributed by atoms with van der Waals surface area (Å²) in [6, 6.07) is 0. The summed E-state index contributed by atoms with van der Waals surface area (Å²) in [4.78, 5) is 0. The van der Waals surface area contributed by atoms with Gasteiger partial charge in [0.25, 0.3) is 0 Å². The average Bonchev–Trinajstić information content (AvgIpc) is 2.05. The molecule has 0 aliphatic carbocycles. The molecule has 1 aliphatic heterocycles. The van der Waals surface area contributed by atoms with Crippen molar-refractivity contribution in [2.45, 2.75) is 31.5 Å². The van der Waals surface area contributed by atoms with Crippen molar-refractivity contribution in [1.82, 2.24) is 0 Å². The molecular weight excluding hydrogens is 183 g/mol. The molecule has 2 nitrogen and oxygen atoms in total. The van der Waals surface area contributed by atoms with E-state index in [9.17, 15) is 13.2 Å². The second-order valence-corrected chi connectivity index (χ2v) is 3.29. The SMILES string of the molecule is NCC(C1CCCCO1)C(F)(F)F. The first-order chi connectivity index (χ1) is 6.05. The molecule has 0 bridgehead atoms. The van der Waals surface area contributed by atoms with Gasteiger partial charge in [-0.3, -0.25) is 0 Å². The second kappa shape index (κ2) is 4.28. The molecule has 2 atom stereocenters. The minimum Gasteiger partial charge on any atom is -0.378 e. The van der Waals surface area contributed by atoms with Crippen molar-refractivity contribution in [2.75, 3.05) is 13.2 Å². The van der Waals surface area contributed by atoms with Crippen LogP contribution in [-0.2, 0) is 4.74 Å². The van der Waals surface area contributed by atoms with Crippen molar-refractivity contribution in [2.24, 2.45) is 11.7 Å². The predicted octanol–water partition coefficient (Wildman–Crippen LogP) is 1.69. The lowest BCUT2D eigenvalue weighted by atomic mass is 9.95. The van der Waals surface area contributed by atoms with Crippen molar-refractivity contribution >= 4 is 0 Å². The number of rotatable bonds is 2. The van der Waals surface area contributed by atoms with Crippen LogP contribution in [0.5, 0.6) is 0 Å². The number of ether oxygens (including phenoxy) is 1. The lowest BCUT2D eigenvalue weighted by Crippen LogP contribution is -2.42. The van der Waals surface area contributed by atoms with Gasteiger partial charge in [0.15, 0.2) is 0 Å². The van der Waals surface area contributed by atoms with Crippen LogP contribution in [-0.4, -0.2) is 25.4 Å². The van der Waals surface area contributed by atoms with E-state index in [1.54, 1.807) is 0 Å². The maximum Gasteiger partial charge on any atom is 0.395 e. The highest BCUT2D eigenvalue weighted by Gasteiger charge is 2.44. The van der Waals surface area contributed by atoms with Gasteiger partial charge < -0.3 is 10.5 Å². The quantitative estimate of drug-likeness (QED) is 0.731. The Morgan fingerprint density at radius 3 is 2.46 bits per heavy atom. The zero-order valence-electron chi connectivity index (χ0n) is 7.31. The molecule has 1 heterocycles. The number of hydrogen-bond donors (Lipinski definition) is 1. The average molecular weight is 197 g/mol. The molecule has 1 aliphatic rings. The van der Waals surface area contributed by atoms with Crippen LogP contribution in [0.25, 0.3) is 0 Å². The van der Waals surface area contributed by atoms with Crippen LogP contribution in [0.15, 0.2) is 0 Å². The van der Waals surface area contributed by atoms with E-state index in [4.69, 9.17) is 10.5 Å². The van der Waals surface area contributed by atoms with Crippen molar-refractivity contribution in [3.63, 3.8) is 0 Å². The Balaban J connectivity index is 2.54. The standard InChI is InChI=1S/C8H14F3NO/c9-8(10,11)6(5-12)7-3-1-2-4-13-7/h6-7H,1-5,12H2. The summed E-state index contributed by atoms with van der Waals surface area (Å²) in [7, 11) is 0. The predicted molar refractivity (Wildman–Crippen MR) is 42.2 cm³/mol. The Labute approximate surface area is 75.2 Å². The Bertz CT molecular complexity index is 154. The molecule has 1 fully saturated rings. The Morgan fingerprint density at radius 1 is 1.38 bits per heavy atom. The first-order valence-electron chi connectivity index (χ1n) is 4.44. The molecule has 0 aromatic heterocycles. The Kier molecular flexibility index (Phi) is 3.55. The highest BCUT2D eigenvalue weighted by molar-refractivity contribution is 4.79. The summed E-state index contributed by atoms with van der Waals surface area (Å²) in [6.07, 6.45) is -2.82. The van der Waals surface area contributed by atoms with Gasteiger partial charge in [0.2, 0.25) is 0 Å². The van der Waals surface area contributed by atoms with Crippen LogP contribution < -0.4 is 5.73 Å². The molecule has 2 N–H and O–H groups in total. The second-order valence-electron chi connectivity index (χ2n) is 3.29. The highest BCUT2D eigenvalue weighted by atomic mass is 19.4. The van der Waals surface area contributed by atoms with E-state index in [0.717, 1.165) is 12.8 Å². The van der Waals surface area contributed by atoms with E-state index in [0.29, 0.717) is 13.0 Å². The summed E-state index contributed by atoms with van der Waals surface area (Å²) in [6.45, 7) is 0.0470. The number of hydrogen-bond acceptors (Lipinski definition) is 2. The van der Waals surface area contributed by atoms with Crippen LogP contribution in [0, 0.1) is 5.92 Å². The summed E-state index contributed by atoms with van der Waals surface area (Å²) >= 11 is 0. The third-order valence-corrected chi connectivity index (χ3v) is 2.34. The van der Waals surface area contributed by atoms with Gasteiger partial charge in [-0.1, -0.05) is 0 Å². The first-order valence-corrected chi connectivity index (χ1v) is 4.44. The van der Waals surface area contributed by atoms with Crippen molar-refractivity contribution < 1.29 is 17.9 Å². The van der Waals surface area contributed by atoms with Gasteiger partial charge in [-0.2, -0.15) is 13.2 Å². The van der Waals surface area contributed by atoms with E-state index in [2.05, 4.69) is 0 Å². The van der Waals surface area contributed by atoms with Crippen molar-refractivity contribution in [3.05, 3.63) is 0 Å². The zero-order valence-corrected chi connectivity index (χ0v) is 7.31. The lowest BCUT2D eigenvalue weighted by molar-refractivity contribution is -0.209. The largest absolute Gasteiger partial charge is 0.395 e. The fourth-order valence-corrected chi connectivity index (χ4v) is 1.58. The molecular formula is C8H14F3NO. The monoisotopic (exact) mass is 197 g/mol. The van der Waals surface area contributed by atoms with E-state index >= 15 is 0 Å². The van der Waals surface area contributed by atoms with E-state index in [1.807, 2.05) is 0 Å². The molecule has 0 saturated carbocycles. The lowest BCUT2D eigenvalue weighted by Gasteiger charge is -2.30.